The number of hydrogen-bond acceptors (Lipinski definition) is 4. The highest BCUT2D eigenvalue weighted by Crippen LogP contribution is 2.39. The average Bonchev–Trinajstić information content (AvgIpc) is 2.88. The second-order valence-electron chi connectivity index (χ2n) is 7.89. The van der Waals surface area contributed by atoms with Gasteiger partial charge in [0.15, 0.2) is 5.54 Å². The number of halogens is 3. The van der Waals surface area contributed by atoms with E-state index in [0.717, 1.165) is 17.8 Å². The second kappa shape index (κ2) is 11.1. The van der Waals surface area contributed by atoms with Gasteiger partial charge in [0.25, 0.3) is 0 Å². The minimum atomic E-state index is -4.43. The predicted octanol–water partition coefficient (Wildman–Crippen LogP) is 6.71. The van der Waals surface area contributed by atoms with Crippen molar-refractivity contribution >= 4 is 17.7 Å². The summed E-state index contributed by atoms with van der Waals surface area (Å²) in [6.07, 6.45) is -0.958. The number of rotatable bonds is 9. The summed E-state index contributed by atoms with van der Waals surface area (Å²) < 4.78 is 50.0. The van der Waals surface area contributed by atoms with Gasteiger partial charge in [-0.3, -0.25) is 0 Å². The number of alkyl halides is 3. The highest BCUT2D eigenvalue weighted by Gasteiger charge is 2.45. The molecule has 4 nitrogen and oxygen atoms in total. The molecule has 0 amide bonds. The number of carbonyl (C=O) groups is 1. The van der Waals surface area contributed by atoms with Crippen molar-refractivity contribution < 1.29 is 27.4 Å². The minimum absolute atomic E-state index is 0.166. The molecule has 0 radical (unpaired) electrons. The van der Waals surface area contributed by atoms with Gasteiger partial charge in [0.05, 0.1) is 19.8 Å². The van der Waals surface area contributed by atoms with Crippen molar-refractivity contribution in [2.75, 3.05) is 25.7 Å². The number of esters is 1. The lowest BCUT2D eigenvalue weighted by atomic mass is 9.83. The molecule has 184 valence electrons. The van der Waals surface area contributed by atoms with Crippen LogP contribution in [0.25, 0.3) is 6.08 Å². The van der Waals surface area contributed by atoms with Crippen molar-refractivity contribution in [3.8, 4) is 5.75 Å². The first kappa shape index (κ1) is 25.9. The van der Waals surface area contributed by atoms with Gasteiger partial charge in [0.1, 0.15) is 5.75 Å². The summed E-state index contributed by atoms with van der Waals surface area (Å²) in [5.74, 6) is 0.202. The number of anilines is 1. The molecule has 0 aliphatic carbocycles. The van der Waals surface area contributed by atoms with Gasteiger partial charge >= 0.3 is 12.1 Å². The lowest BCUT2D eigenvalue weighted by Gasteiger charge is -2.42. The Kier molecular flexibility index (Phi) is 8.22. The standard InChI is InChI=1S/C28H28F3NO3/c1-4-32(24-15-17-25(34-2)18-16-24)27(26(33)35-3,22-12-6-5-7-13-22)19-9-11-21-10-8-14-23(20-21)28(29,30)31/h5-18,20H,4,19H2,1-3H3/b11-9+/t27-/m0/s1. The Bertz CT molecular complexity index is 1140. The van der Waals surface area contributed by atoms with Crippen LogP contribution in [0.1, 0.15) is 30.0 Å². The van der Waals surface area contributed by atoms with Crippen LogP contribution in [-0.2, 0) is 21.2 Å². The first-order chi connectivity index (χ1) is 16.8. The fourth-order valence-electron chi connectivity index (χ4n) is 4.20. The Morgan fingerprint density at radius 1 is 0.914 bits per heavy atom. The molecule has 0 saturated heterocycles. The molecule has 35 heavy (non-hydrogen) atoms. The van der Waals surface area contributed by atoms with Gasteiger partial charge in [-0.25, -0.2) is 4.79 Å². The number of methoxy groups -OCH3 is 2. The second-order valence-corrected chi connectivity index (χ2v) is 7.89. The zero-order valence-electron chi connectivity index (χ0n) is 19.9. The van der Waals surface area contributed by atoms with Gasteiger partial charge in [-0.2, -0.15) is 13.2 Å². The SMILES string of the molecule is CCN(c1ccc(OC)cc1)[C@](C/C=C/c1cccc(C(F)(F)F)c1)(C(=O)OC)c1ccccc1. The largest absolute Gasteiger partial charge is 0.497 e. The van der Waals surface area contributed by atoms with Gasteiger partial charge in [-0.05, 0) is 54.4 Å². The fourth-order valence-corrected chi connectivity index (χ4v) is 4.20. The molecule has 0 spiro atoms. The number of carbonyl (C=O) groups excluding carboxylic acids is 1. The first-order valence-corrected chi connectivity index (χ1v) is 11.2. The first-order valence-electron chi connectivity index (χ1n) is 11.2. The maximum Gasteiger partial charge on any atom is 0.416 e. The number of hydrogen-bond donors (Lipinski definition) is 0. The van der Waals surface area contributed by atoms with Gasteiger partial charge in [0, 0.05) is 18.7 Å². The Balaban J connectivity index is 2.10. The van der Waals surface area contributed by atoms with E-state index in [2.05, 4.69) is 0 Å². The van der Waals surface area contributed by atoms with Crippen molar-refractivity contribution in [3.05, 3.63) is 102 Å². The maximum absolute atomic E-state index is 13.5. The quantitative estimate of drug-likeness (QED) is 0.317. The molecule has 0 aromatic heterocycles. The van der Waals surface area contributed by atoms with E-state index >= 15 is 0 Å². The van der Waals surface area contributed by atoms with Crippen molar-refractivity contribution in [1.29, 1.82) is 0 Å². The molecule has 3 rings (SSSR count). The molecule has 3 aromatic carbocycles. The van der Waals surface area contributed by atoms with E-state index in [1.165, 1.54) is 13.2 Å². The molecule has 0 heterocycles. The van der Waals surface area contributed by atoms with E-state index in [1.54, 1.807) is 25.3 Å². The minimum Gasteiger partial charge on any atom is -0.497 e. The highest BCUT2D eigenvalue weighted by atomic mass is 19.4. The van der Waals surface area contributed by atoms with Crippen LogP contribution < -0.4 is 9.64 Å². The van der Waals surface area contributed by atoms with Gasteiger partial charge in [-0.15, -0.1) is 0 Å². The van der Waals surface area contributed by atoms with E-state index in [4.69, 9.17) is 9.47 Å². The normalized spacial score (nSPS) is 13.3. The Labute approximate surface area is 203 Å². The maximum atomic E-state index is 13.5. The van der Waals surface area contributed by atoms with E-state index in [1.807, 2.05) is 66.4 Å². The molecular formula is C28H28F3NO3. The number of nitrogens with zero attached hydrogens (tertiary/aromatic N) is 1. The molecule has 3 aromatic rings. The van der Waals surface area contributed by atoms with Crippen molar-refractivity contribution in [2.45, 2.75) is 25.1 Å². The summed E-state index contributed by atoms with van der Waals surface area (Å²) in [4.78, 5) is 15.4. The van der Waals surface area contributed by atoms with Gasteiger partial charge in [-0.1, -0.05) is 54.6 Å². The number of benzene rings is 3. The van der Waals surface area contributed by atoms with Gasteiger partial charge in [0.2, 0.25) is 0 Å². The third-order valence-electron chi connectivity index (χ3n) is 5.87. The fraction of sp³-hybridized carbons (Fsp3) is 0.250. The Morgan fingerprint density at radius 2 is 1.57 bits per heavy atom. The van der Waals surface area contributed by atoms with E-state index in [0.29, 0.717) is 23.4 Å². The Morgan fingerprint density at radius 3 is 2.14 bits per heavy atom. The summed E-state index contributed by atoms with van der Waals surface area (Å²) >= 11 is 0. The summed E-state index contributed by atoms with van der Waals surface area (Å²) in [5, 5.41) is 0. The highest BCUT2D eigenvalue weighted by molar-refractivity contribution is 5.87. The van der Waals surface area contributed by atoms with Crippen LogP contribution in [0.3, 0.4) is 0 Å². The molecule has 0 saturated carbocycles. The lowest BCUT2D eigenvalue weighted by Crippen LogP contribution is -2.53. The van der Waals surface area contributed by atoms with Crippen LogP contribution >= 0.6 is 0 Å². The molecule has 0 N–H and O–H groups in total. The van der Waals surface area contributed by atoms with Crippen LogP contribution in [0.5, 0.6) is 5.75 Å². The van der Waals surface area contributed by atoms with Crippen LogP contribution in [0.15, 0.2) is 84.9 Å². The summed E-state index contributed by atoms with van der Waals surface area (Å²) in [5.41, 5.74) is -0.111. The average molecular weight is 484 g/mol. The number of likely N-dealkylation sites (N-methyl/N-ethyl adjacent to an activating group) is 1. The third-order valence-corrected chi connectivity index (χ3v) is 5.87. The van der Waals surface area contributed by atoms with Gasteiger partial charge < -0.3 is 14.4 Å². The molecule has 0 unspecified atom stereocenters. The summed E-state index contributed by atoms with van der Waals surface area (Å²) in [6.45, 7) is 2.40. The van der Waals surface area contributed by atoms with Crippen LogP contribution in [0.2, 0.25) is 0 Å². The number of ether oxygens (including phenoxy) is 2. The zero-order chi connectivity index (χ0) is 25.5. The molecule has 0 bridgehead atoms. The molecule has 1 atom stereocenters. The lowest BCUT2D eigenvalue weighted by molar-refractivity contribution is -0.147. The summed E-state index contributed by atoms with van der Waals surface area (Å²) in [7, 11) is 2.91. The summed E-state index contributed by atoms with van der Waals surface area (Å²) in [6, 6.07) is 21.6. The van der Waals surface area contributed by atoms with Crippen molar-refractivity contribution in [2.24, 2.45) is 0 Å². The Hall–Kier alpha value is -3.74. The van der Waals surface area contributed by atoms with Crippen LogP contribution in [0.4, 0.5) is 18.9 Å². The molecule has 0 fully saturated rings. The predicted molar refractivity (Wildman–Crippen MR) is 131 cm³/mol. The van der Waals surface area contributed by atoms with Crippen LogP contribution in [0, 0.1) is 0 Å². The smallest absolute Gasteiger partial charge is 0.416 e. The van der Waals surface area contributed by atoms with E-state index < -0.39 is 23.2 Å². The van der Waals surface area contributed by atoms with Crippen molar-refractivity contribution in [3.63, 3.8) is 0 Å². The van der Waals surface area contributed by atoms with Crippen molar-refractivity contribution in [1.82, 2.24) is 0 Å². The monoisotopic (exact) mass is 483 g/mol. The van der Waals surface area contributed by atoms with Crippen LogP contribution in [-0.4, -0.2) is 26.7 Å². The zero-order valence-corrected chi connectivity index (χ0v) is 19.9. The van der Waals surface area contributed by atoms with E-state index in [-0.39, 0.29) is 6.42 Å². The third kappa shape index (κ3) is 5.67. The van der Waals surface area contributed by atoms with E-state index in [9.17, 15) is 18.0 Å². The topological polar surface area (TPSA) is 38.8 Å². The molecular weight excluding hydrogens is 455 g/mol. The molecule has 0 aliphatic rings. The molecule has 7 heteroatoms. The molecule has 0 aliphatic heterocycles.